The molecule has 8 heteroatoms. The number of nitrogens with zero attached hydrogens (tertiary/aromatic N) is 3. The van der Waals surface area contributed by atoms with E-state index in [4.69, 9.17) is 4.74 Å². The van der Waals surface area contributed by atoms with Gasteiger partial charge in [-0.2, -0.15) is 10.4 Å². The van der Waals surface area contributed by atoms with Gasteiger partial charge in [-0.05, 0) is 40.2 Å². The maximum atomic E-state index is 11.9. The van der Waals surface area contributed by atoms with E-state index >= 15 is 0 Å². The zero-order valence-electron chi connectivity index (χ0n) is 14.2. The van der Waals surface area contributed by atoms with Gasteiger partial charge in [-0.15, -0.1) is 0 Å². The van der Waals surface area contributed by atoms with Gasteiger partial charge in [0.2, 0.25) is 0 Å². The van der Waals surface area contributed by atoms with Crippen LogP contribution in [0, 0.1) is 25.2 Å². The van der Waals surface area contributed by atoms with Crippen LogP contribution in [0.25, 0.3) is 6.08 Å². The van der Waals surface area contributed by atoms with Gasteiger partial charge in [-0.3, -0.25) is 4.68 Å². The number of esters is 1. The smallest absolute Gasteiger partial charge is 0.349 e. The highest BCUT2D eigenvalue weighted by molar-refractivity contribution is 7.91. The maximum absolute atomic E-state index is 11.9. The van der Waals surface area contributed by atoms with E-state index in [0.29, 0.717) is 17.7 Å². The average molecular weight is 351 g/mol. The molecule has 2 heterocycles. The molecule has 0 N–H and O–H groups in total. The second kappa shape index (κ2) is 6.77. The Hall–Kier alpha value is -2.14. The monoisotopic (exact) mass is 351 g/mol. The number of aromatic nitrogens is 2. The van der Waals surface area contributed by atoms with Crippen LogP contribution in [0.5, 0.6) is 0 Å². The van der Waals surface area contributed by atoms with E-state index in [1.165, 1.54) is 6.08 Å². The molecule has 1 aromatic rings. The van der Waals surface area contributed by atoms with Crippen molar-refractivity contribution < 1.29 is 17.9 Å². The van der Waals surface area contributed by atoms with E-state index in [-0.39, 0.29) is 29.2 Å². The first-order chi connectivity index (χ1) is 11.1. The topological polar surface area (TPSA) is 102 Å². The van der Waals surface area contributed by atoms with E-state index in [1.807, 2.05) is 6.07 Å². The van der Waals surface area contributed by atoms with Gasteiger partial charge in [0.1, 0.15) is 11.6 Å². The number of rotatable bonds is 4. The van der Waals surface area contributed by atoms with E-state index in [9.17, 15) is 18.5 Å². The summed E-state index contributed by atoms with van der Waals surface area (Å²) in [7, 11) is -3.02. The van der Waals surface area contributed by atoms with Crippen molar-refractivity contribution in [3.63, 3.8) is 0 Å². The third-order valence-corrected chi connectivity index (χ3v) is 5.66. The summed E-state index contributed by atoms with van der Waals surface area (Å²) in [6.45, 7) is 6.99. The maximum Gasteiger partial charge on any atom is 0.349 e. The first-order valence-corrected chi connectivity index (χ1v) is 9.55. The summed E-state index contributed by atoms with van der Waals surface area (Å²) in [5.74, 6) is -0.452. The van der Waals surface area contributed by atoms with E-state index in [2.05, 4.69) is 5.10 Å². The fraction of sp³-hybridized carbons (Fsp3) is 0.562. The summed E-state index contributed by atoms with van der Waals surface area (Å²) in [4.78, 5) is 11.9. The molecule has 1 saturated heterocycles. The Balaban J connectivity index is 2.37. The van der Waals surface area contributed by atoms with Crippen LogP contribution in [0.4, 0.5) is 0 Å². The lowest BCUT2D eigenvalue weighted by Gasteiger charge is -2.11. The fourth-order valence-corrected chi connectivity index (χ4v) is 4.46. The van der Waals surface area contributed by atoms with Crippen LogP contribution in [-0.2, 0) is 19.4 Å². The average Bonchev–Trinajstić information content (AvgIpc) is 2.96. The Morgan fingerprint density at radius 3 is 2.62 bits per heavy atom. The molecule has 1 atom stereocenters. The first-order valence-electron chi connectivity index (χ1n) is 7.73. The number of sulfone groups is 1. The molecule has 0 amide bonds. The normalized spacial score (nSPS) is 20.2. The van der Waals surface area contributed by atoms with Crippen molar-refractivity contribution in [2.24, 2.45) is 0 Å². The quantitative estimate of drug-likeness (QED) is 0.465. The lowest BCUT2D eigenvalue weighted by Crippen LogP contribution is -2.14. The highest BCUT2D eigenvalue weighted by atomic mass is 32.2. The standard InChI is InChI=1S/C16H21N3O4S/c1-10(2)23-16(20)13(8-17)7-15-11(3)18-19(12(15)4)14-5-6-24(21,22)9-14/h7,10,14H,5-6,9H2,1-4H3/b13-7+/t14-/m1/s1. The predicted octanol–water partition coefficient (Wildman–Crippen LogP) is 1.72. The second-order valence-corrected chi connectivity index (χ2v) is 8.44. The Morgan fingerprint density at radius 1 is 1.46 bits per heavy atom. The molecule has 0 radical (unpaired) electrons. The van der Waals surface area contributed by atoms with E-state index in [1.54, 1.807) is 32.4 Å². The summed E-state index contributed by atoms with van der Waals surface area (Å²) in [6.07, 6.45) is 1.67. The molecular weight excluding hydrogens is 330 g/mol. The molecule has 0 saturated carbocycles. The molecule has 7 nitrogen and oxygen atoms in total. The third-order valence-electron chi connectivity index (χ3n) is 3.91. The molecule has 24 heavy (non-hydrogen) atoms. The van der Waals surface area contributed by atoms with Crippen molar-refractivity contribution in [3.8, 4) is 6.07 Å². The molecule has 1 aromatic heterocycles. The van der Waals surface area contributed by atoms with Crippen molar-refractivity contribution in [1.29, 1.82) is 5.26 Å². The Morgan fingerprint density at radius 2 is 2.12 bits per heavy atom. The molecule has 1 aliphatic rings. The number of carbonyl (C=O) groups excluding carboxylic acids is 1. The van der Waals surface area contributed by atoms with Gasteiger partial charge in [0.25, 0.3) is 0 Å². The van der Waals surface area contributed by atoms with Crippen molar-refractivity contribution in [2.45, 2.75) is 46.3 Å². The minimum absolute atomic E-state index is 0.0681. The van der Waals surface area contributed by atoms with Gasteiger partial charge in [0.15, 0.2) is 9.84 Å². The summed E-state index contributed by atoms with van der Waals surface area (Å²) in [5, 5.41) is 13.6. The van der Waals surface area contributed by atoms with Gasteiger partial charge < -0.3 is 4.74 Å². The van der Waals surface area contributed by atoms with Crippen molar-refractivity contribution >= 4 is 21.9 Å². The molecule has 1 aliphatic heterocycles. The number of hydrogen-bond acceptors (Lipinski definition) is 6. The van der Waals surface area contributed by atoms with Crippen LogP contribution in [0.1, 0.15) is 43.3 Å². The van der Waals surface area contributed by atoms with Crippen molar-refractivity contribution in [3.05, 3.63) is 22.5 Å². The van der Waals surface area contributed by atoms with E-state index in [0.717, 1.165) is 5.69 Å². The molecule has 0 aliphatic carbocycles. The Kier molecular flexibility index (Phi) is 5.13. The first kappa shape index (κ1) is 18.2. The van der Waals surface area contributed by atoms with Crippen LogP contribution in [0.2, 0.25) is 0 Å². The van der Waals surface area contributed by atoms with Gasteiger partial charge >= 0.3 is 5.97 Å². The largest absolute Gasteiger partial charge is 0.459 e. The van der Waals surface area contributed by atoms with Crippen LogP contribution in [0.15, 0.2) is 5.57 Å². The number of nitriles is 1. The van der Waals surface area contributed by atoms with Crippen LogP contribution in [0.3, 0.4) is 0 Å². The number of carbonyl (C=O) groups is 1. The van der Waals surface area contributed by atoms with Crippen molar-refractivity contribution in [2.75, 3.05) is 11.5 Å². The molecule has 0 bridgehead atoms. The van der Waals surface area contributed by atoms with E-state index < -0.39 is 15.8 Å². The number of hydrogen-bond donors (Lipinski definition) is 0. The summed E-state index contributed by atoms with van der Waals surface area (Å²) in [6, 6.07) is 1.65. The summed E-state index contributed by atoms with van der Waals surface area (Å²) >= 11 is 0. The minimum atomic E-state index is -3.02. The molecule has 0 spiro atoms. The number of ether oxygens (including phenoxy) is 1. The zero-order valence-corrected chi connectivity index (χ0v) is 15.1. The molecule has 0 unspecified atom stereocenters. The van der Waals surface area contributed by atoms with Gasteiger partial charge in [-0.1, -0.05) is 0 Å². The lowest BCUT2D eigenvalue weighted by molar-refractivity contribution is -0.142. The Bertz CT molecular complexity index is 828. The second-order valence-electron chi connectivity index (χ2n) is 6.21. The number of aryl methyl sites for hydroxylation is 1. The molecule has 1 fully saturated rings. The SMILES string of the molecule is Cc1nn([C@@H]2CCS(=O)(=O)C2)c(C)c1/C=C(\C#N)C(=O)OC(C)C. The fourth-order valence-electron chi connectivity index (χ4n) is 2.77. The highest BCUT2D eigenvalue weighted by Crippen LogP contribution is 2.27. The highest BCUT2D eigenvalue weighted by Gasteiger charge is 2.31. The predicted molar refractivity (Wildman–Crippen MR) is 88.8 cm³/mol. The summed E-state index contributed by atoms with van der Waals surface area (Å²) < 4.78 is 30.1. The molecule has 130 valence electrons. The van der Waals surface area contributed by atoms with Gasteiger partial charge in [0, 0.05) is 11.3 Å². The molecule has 2 rings (SSSR count). The molecular formula is C16H21N3O4S. The van der Waals surface area contributed by atoms with Crippen LogP contribution < -0.4 is 0 Å². The lowest BCUT2D eigenvalue weighted by atomic mass is 10.1. The Labute approximate surface area is 141 Å². The third kappa shape index (κ3) is 3.85. The van der Waals surface area contributed by atoms with Crippen molar-refractivity contribution in [1.82, 2.24) is 9.78 Å². The van der Waals surface area contributed by atoms with Gasteiger partial charge in [0.05, 0.1) is 29.3 Å². The van der Waals surface area contributed by atoms with Crippen LogP contribution in [-0.4, -0.2) is 41.8 Å². The molecule has 0 aromatic carbocycles. The van der Waals surface area contributed by atoms with Crippen LogP contribution >= 0.6 is 0 Å². The minimum Gasteiger partial charge on any atom is -0.459 e. The summed E-state index contributed by atoms with van der Waals surface area (Å²) in [5.41, 5.74) is 1.92. The van der Waals surface area contributed by atoms with Gasteiger partial charge in [-0.25, -0.2) is 13.2 Å². The zero-order chi connectivity index (χ0) is 18.1.